The maximum absolute atomic E-state index is 14.5. The highest BCUT2D eigenvalue weighted by atomic mass is 32.2. The molecule has 0 radical (unpaired) electrons. The van der Waals surface area contributed by atoms with Gasteiger partial charge in [-0.05, 0) is 42.9 Å². The van der Waals surface area contributed by atoms with Gasteiger partial charge in [0.1, 0.15) is 10.6 Å². The zero-order chi connectivity index (χ0) is 19.8. The second-order valence-electron chi connectivity index (χ2n) is 6.98. The Morgan fingerprint density at radius 3 is 2.96 bits per heavy atom. The van der Waals surface area contributed by atoms with E-state index in [1.807, 2.05) is 0 Å². The van der Waals surface area contributed by atoms with Crippen molar-refractivity contribution in [3.63, 3.8) is 0 Å². The molecule has 4 rings (SSSR count). The number of carbonyl (C=O) groups excluding carboxylic acids is 1. The van der Waals surface area contributed by atoms with Crippen LogP contribution in [0.4, 0.5) is 4.39 Å². The van der Waals surface area contributed by atoms with Crippen LogP contribution in [0.2, 0.25) is 0 Å². The van der Waals surface area contributed by atoms with Gasteiger partial charge in [0, 0.05) is 11.9 Å². The normalized spacial score (nSPS) is 16.2. The van der Waals surface area contributed by atoms with Crippen LogP contribution < -0.4 is 10.9 Å². The zero-order valence-electron chi connectivity index (χ0n) is 15.6. The summed E-state index contributed by atoms with van der Waals surface area (Å²) in [6.45, 7) is 2.21. The number of benzene rings is 1. The number of aromatic nitrogens is 2. The third kappa shape index (κ3) is 3.35. The summed E-state index contributed by atoms with van der Waals surface area (Å²) in [7, 11) is 1.55. The second-order valence-corrected chi connectivity index (χ2v) is 9.01. The van der Waals surface area contributed by atoms with Crippen LogP contribution in [-0.2, 0) is 17.6 Å². The summed E-state index contributed by atoms with van der Waals surface area (Å²) >= 11 is 2.69. The fraction of sp³-hybridized carbons (Fsp3) is 0.350. The van der Waals surface area contributed by atoms with Crippen LogP contribution in [0.5, 0.6) is 0 Å². The summed E-state index contributed by atoms with van der Waals surface area (Å²) in [4.78, 5) is 31.8. The van der Waals surface area contributed by atoms with Crippen LogP contribution in [0.1, 0.15) is 23.8 Å². The lowest BCUT2D eigenvalue weighted by atomic mass is 9.89. The van der Waals surface area contributed by atoms with Gasteiger partial charge >= 0.3 is 0 Å². The first kappa shape index (κ1) is 19.1. The lowest BCUT2D eigenvalue weighted by Crippen LogP contribution is -2.25. The molecule has 2 heterocycles. The Morgan fingerprint density at radius 2 is 2.21 bits per heavy atom. The summed E-state index contributed by atoms with van der Waals surface area (Å²) < 4.78 is 15.9. The number of hydrogen-bond donors (Lipinski definition) is 1. The lowest BCUT2D eigenvalue weighted by molar-refractivity contribution is -0.118. The van der Waals surface area contributed by atoms with Crippen LogP contribution in [0, 0.1) is 11.7 Å². The first-order chi connectivity index (χ1) is 13.5. The van der Waals surface area contributed by atoms with Crippen LogP contribution >= 0.6 is 23.1 Å². The van der Waals surface area contributed by atoms with Crippen molar-refractivity contribution in [3.05, 3.63) is 50.9 Å². The minimum atomic E-state index is -0.495. The van der Waals surface area contributed by atoms with E-state index in [0.717, 1.165) is 36.6 Å². The van der Waals surface area contributed by atoms with E-state index in [9.17, 15) is 14.0 Å². The Kier molecular flexibility index (Phi) is 5.25. The van der Waals surface area contributed by atoms with Crippen LogP contribution in [0.3, 0.4) is 0 Å². The van der Waals surface area contributed by atoms with Crippen molar-refractivity contribution >= 4 is 39.2 Å². The second kappa shape index (κ2) is 7.67. The van der Waals surface area contributed by atoms with Gasteiger partial charge in [0.25, 0.3) is 5.56 Å². The molecule has 1 atom stereocenters. The van der Waals surface area contributed by atoms with Gasteiger partial charge < -0.3 is 5.32 Å². The van der Waals surface area contributed by atoms with Crippen molar-refractivity contribution in [2.75, 3.05) is 12.8 Å². The molecule has 1 aliphatic carbocycles. The van der Waals surface area contributed by atoms with E-state index in [4.69, 9.17) is 0 Å². The molecule has 28 heavy (non-hydrogen) atoms. The molecule has 1 amide bonds. The van der Waals surface area contributed by atoms with Gasteiger partial charge in [0.15, 0.2) is 5.16 Å². The van der Waals surface area contributed by atoms with E-state index >= 15 is 0 Å². The van der Waals surface area contributed by atoms with E-state index in [-0.39, 0.29) is 22.9 Å². The number of halogens is 1. The summed E-state index contributed by atoms with van der Waals surface area (Å²) in [5.41, 5.74) is 0.954. The molecular weight excluding hydrogens is 397 g/mol. The number of aryl methyl sites for hydroxylation is 1. The lowest BCUT2D eigenvalue weighted by Gasteiger charge is -2.18. The average molecular weight is 418 g/mol. The van der Waals surface area contributed by atoms with E-state index in [1.165, 1.54) is 15.5 Å². The predicted octanol–water partition coefficient (Wildman–Crippen LogP) is 3.55. The van der Waals surface area contributed by atoms with Crippen LogP contribution in [-0.4, -0.2) is 28.3 Å². The molecule has 0 unspecified atom stereocenters. The number of fused-ring (bicyclic) bond motifs is 3. The number of thioether (sulfide) groups is 1. The third-order valence-corrected chi connectivity index (χ3v) is 7.09. The highest BCUT2D eigenvalue weighted by molar-refractivity contribution is 7.99. The van der Waals surface area contributed by atoms with Gasteiger partial charge in [-0.1, -0.05) is 30.8 Å². The molecule has 0 aliphatic heterocycles. The first-order valence-electron chi connectivity index (χ1n) is 9.15. The van der Waals surface area contributed by atoms with Crippen molar-refractivity contribution < 1.29 is 9.18 Å². The first-order valence-corrected chi connectivity index (χ1v) is 11.0. The molecule has 0 spiro atoms. The maximum Gasteiger partial charge on any atom is 0.267 e. The van der Waals surface area contributed by atoms with Crippen molar-refractivity contribution in [1.29, 1.82) is 0 Å². The molecule has 5 nitrogen and oxygen atoms in total. The molecule has 1 aliphatic rings. The highest BCUT2D eigenvalue weighted by Crippen LogP contribution is 2.37. The van der Waals surface area contributed by atoms with E-state index in [0.29, 0.717) is 21.3 Å². The molecule has 1 N–H and O–H groups in total. The standard InChI is InChI=1S/C20H20FN3O2S2/c1-11-7-8-12-15(9-11)28-18-17(12)19(26)24(14-6-4-3-5-13(14)21)20(23-18)27-10-16(25)22-2/h3-6,11H,7-10H2,1-2H3,(H,22,25)/t11-/m1/s1. The van der Waals surface area contributed by atoms with Gasteiger partial charge in [-0.2, -0.15) is 0 Å². The van der Waals surface area contributed by atoms with Crippen molar-refractivity contribution in [2.24, 2.45) is 5.92 Å². The van der Waals surface area contributed by atoms with Gasteiger partial charge in [0.05, 0.1) is 16.8 Å². The van der Waals surface area contributed by atoms with Crippen molar-refractivity contribution in [3.8, 4) is 5.69 Å². The smallest absolute Gasteiger partial charge is 0.267 e. The Labute approximate surface area is 170 Å². The molecular formula is C20H20FN3O2S2. The Balaban J connectivity index is 1.95. The zero-order valence-corrected chi connectivity index (χ0v) is 17.3. The minimum absolute atomic E-state index is 0.102. The Bertz CT molecular complexity index is 1120. The predicted molar refractivity (Wildman–Crippen MR) is 111 cm³/mol. The minimum Gasteiger partial charge on any atom is -0.358 e. The molecule has 2 aromatic heterocycles. The number of nitrogens with one attached hydrogen (secondary N) is 1. The van der Waals surface area contributed by atoms with Gasteiger partial charge in [-0.3, -0.25) is 14.2 Å². The number of nitrogens with zero attached hydrogens (tertiary/aromatic N) is 2. The fourth-order valence-corrected chi connectivity index (χ4v) is 5.82. The topological polar surface area (TPSA) is 64.0 Å². The number of para-hydroxylation sites is 1. The average Bonchev–Trinajstić information content (AvgIpc) is 3.04. The number of amides is 1. The maximum atomic E-state index is 14.5. The summed E-state index contributed by atoms with van der Waals surface area (Å²) in [6.07, 6.45) is 2.82. The van der Waals surface area contributed by atoms with Crippen molar-refractivity contribution in [1.82, 2.24) is 14.9 Å². The SMILES string of the molecule is CNC(=O)CSc1nc2sc3c(c2c(=O)n1-c1ccccc1F)CC[C@@H](C)C3. The highest BCUT2D eigenvalue weighted by Gasteiger charge is 2.26. The van der Waals surface area contributed by atoms with Crippen LogP contribution in [0.15, 0.2) is 34.2 Å². The Hall–Kier alpha value is -2.19. The van der Waals surface area contributed by atoms with Gasteiger partial charge in [-0.25, -0.2) is 9.37 Å². The van der Waals surface area contributed by atoms with Crippen molar-refractivity contribution in [2.45, 2.75) is 31.3 Å². The van der Waals surface area contributed by atoms with Crippen LogP contribution in [0.25, 0.3) is 15.9 Å². The number of rotatable bonds is 4. The molecule has 0 saturated heterocycles. The van der Waals surface area contributed by atoms with E-state index in [2.05, 4.69) is 17.2 Å². The largest absolute Gasteiger partial charge is 0.358 e. The molecule has 1 aromatic carbocycles. The summed E-state index contributed by atoms with van der Waals surface area (Å²) in [5.74, 6) is 0.00539. The fourth-order valence-electron chi connectivity index (χ4n) is 3.52. The molecule has 3 aromatic rings. The molecule has 0 bridgehead atoms. The Morgan fingerprint density at radius 1 is 1.43 bits per heavy atom. The monoisotopic (exact) mass is 417 g/mol. The molecule has 8 heteroatoms. The molecule has 146 valence electrons. The third-order valence-electron chi connectivity index (χ3n) is 5.00. The summed E-state index contributed by atoms with van der Waals surface area (Å²) in [5, 5.41) is 3.48. The molecule has 0 fully saturated rings. The van der Waals surface area contributed by atoms with Gasteiger partial charge in [0.2, 0.25) is 5.91 Å². The molecule has 0 saturated carbocycles. The quantitative estimate of drug-likeness (QED) is 0.521. The number of carbonyl (C=O) groups is 1. The van der Waals surface area contributed by atoms with E-state index in [1.54, 1.807) is 36.6 Å². The van der Waals surface area contributed by atoms with E-state index < -0.39 is 5.82 Å². The number of thiophene rings is 1. The summed E-state index contributed by atoms with van der Waals surface area (Å²) in [6, 6.07) is 6.16. The number of hydrogen-bond acceptors (Lipinski definition) is 5. The van der Waals surface area contributed by atoms with Gasteiger partial charge in [-0.15, -0.1) is 11.3 Å².